The number of allylic oxidation sites excluding steroid dienone is 1. The number of carbonyl (C=O) groups is 4. The Morgan fingerprint density at radius 2 is 1.65 bits per heavy atom. The largest absolute Gasteiger partial charge is 0.481 e. The van der Waals surface area contributed by atoms with E-state index < -0.39 is 29.0 Å². The standard InChI is InChI=1S/C42H66N2O7/c1-26(2)33-28(45)24-42(43-36(49)50-23-22-44-20-10-11-21-44)19-18-40(8)27(34(33)42)12-13-30-39(7)16-15-31(51-32(46)25-37(3,4)35(47)48)38(5,6)29(39)14-17-41(30,40)9/h26,29-31,33H,10-25H2,1-9H3,(H,43,49)(H,47,48)/t29?,30?,31-,33?,39-,40+,41+,42+/m0/s1. The van der Waals surface area contributed by atoms with Gasteiger partial charge in [0.25, 0.3) is 0 Å². The topological polar surface area (TPSA) is 122 Å². The number of amides is 1. The molecule has 1 amide bonds. The molecule has 6 rings (SSSR count). The molecule has 2 N–H and O–H groups in total. The second-order valence-electron chi connectivity index (χ2n) is 19.8. The summed E-state index contributed by atoms with van der Waals surface area (Å²) in [5.41, 5.74) is 0.512. The summed E-state index contributed by atoms with van der Waals surface area (Å²) in [7, 11) is 0. The molecule has 51 heavy (non-hydrogen) atoms. The number of likely N-dealkylation sites (tertiary alicyclic amines) is 1. The molecule has 0 spiro atoms. The number of hydrogen-bond donors (Lipinski definition) is 2. The molecule has 286 valence electrons. The van der Waals surface area contributed by atoms with Gasteiger partial charge in [-0.15, -0.1) is 0 Å². The number of carboxylic acid groups (broad SMARTS) is 1. The first kappa shape index (κ1) is 38.3. The molecule has 5 fully saturated rings. The lowest BCUT2D eigenvalue weighted by molar-refractivity contribution is -0.214. The van der Waals surface area contributed by atoms with Crippen molar-refractivity contribution in [1.82, 2.24) is 10.2 Å². The molecule has 8 atom stereocenters. The number of Topliss-reactive ketones (excluding diaryl/α,β-unsaturated/α-hetero) is 1. The van der Waals surface area contributed by atoms with Crippen LogP contribution in [0, 0.1) is 50.7 Å². The van der Waals surface area contributed by atoms with Crippen LogP contribution in [0.2, 0.25) is 0 Å². The van der Waals surface area contributed by atoms with E-state index in [1.54, 1.807) is 13.8 Å². The number of esters is 1. The minimum atomic E-state index is -1.17. The highest BCUT2D eigenvalue weighted by molar-refractivity contribution is 5.92. The number of nitrogens with zero attached hydrogens (tertiary/aromatic N) is 1. The molecule has 0 radical (unpaired) electrons. The van der Waals surface area contributed by atoms with Gasteiger partial charge in [0.1, 0.15) is 18.5 Å². The molecule has 4 saturated carbocycles. The van der Waals surface area contributed by atoms with Crippen LogP contribution >= 0.6 is 0 Å². The van der Waals surface area contributed by atoms with Crippen LogP contribution in [0.15, 0.2) is 11.1 Å². The fraction of sp³-hybridized carbons (Fsp3) is 0.857. The van der Waals surface area contributed by atoms with Crippen LogP contribution in [0.4, 0.5) is 4.79 Å². The first-order valence-corrected chi connectivity index (χ1v) is 20.1. The van der Waals surface area contributed by atoms with Crippen molar-refractivity contribution in [3.05, 3.63) is 11.1 Å². The molecule has 1 heterocycles. The second-order valence-corrected chi connectivity index (χ2v) is 19.8. The number of ketones is 1. The average Bonchev–Trinajstić information content (AvgIpc) is 3.64. The normalized spacial score (nSPS) is 39.1. The van der Waals surface area contributed by atoms with Gasteiger partial charge >= 0.3 is 18.0 Å². The van der Waals surface area contributed by atoms with E-state index >= 15 is 0 Å². The van der Waals surface area contributed by atoms with Gasteiger partial charge in [-0.25, -0.2) is 4.79 Å². The van der Waals surface area contributed by atoms with Gasteiger partial charge < -0.3 is 19.9 Å². The van der Waals surface area contributed by atoms with E-state index in [0.29, 0.717) is 24.9 Å². The summed E-state index contributed by atoms with van der Waals surface area (Å²) < 4.78 is 11.9. The lowest BCUT2D eigenvalue weighted by Crippen LogP contribution is -2.65. The monoisotopic (exact) mass is 710 g/mol. The molecule has 6 aliphatic rings. The molecule has 9 heteroatoms. The molecule has 3 unspecified atom stereocenters. The van der Waals surface area contributed by atoms with E-state index in [-0.39, 0.29) is 51.8 Å². The van der Waals surface area contributed by atoms with Gasteiger partial charge in [0.15, 0.2) is 0 Å². The molecule has 0 bridgehead atoms. The van der Waals surface area contributed by atoms with Crippen LogP contribution in [0.25, 0.3) is 0 Å². The van der Waals surface area contributed by atoms with Gasteiger partial charge in [0.2, 0.25) is 0 Å². The Hall–Kier alpha value is -2.42. The zero-order valence-electron chi connectivity index (χ0n) is 33.0. The quantitative estimate of drug-likeness (QED) is 0.183. The van der Waals surface area contributed by atoms with Gasteiger partial charge in [0.05, 0.1) is 17.4 Å². The second kappa shape index (κ2) is 13.2. The first-order chi connectivity index (χ1) is 23.7. The number of nitrogens with one attached hydrogen (secondary N) is 1. The van der Waals surface area contributed by atoms with Crippen molar-refractivity contribution in [2.24, 2.45) is 50.7 Å². The van der Waals surface area contributed by atoms with Gasteiger partial charge in [0, 0.05) is 24.3 Å². The highest BCUT2D eigenvalue weighted by Gasteiger charge is 2.69. The smallest absolute Gasteiger partial charge is 0.407 e. The highest BCUT2D eigenvalue weighted by atomic mass is 16.6. The molecular weight excluding hydrogens is 644 g/mol. The summed E-state index contributed by atoms with van der Waals surface area (Å²) in [4.78, 5) is 54.5. The Labute approximate surface area is 306 Å². The highest BCUT2D eigenvalue weighted by Crippen LogP contribution is 2.75. The predicted molar refractivity (Wildman–Crippen MR) is 196 cm³/mol. The summed E-state index contributed by atoms with van der Waals surface area (Å²) in [5.74, 6) is -0.388. The Balaban J connectivity index is 1.26. The Morgan fingerprint density at radius 1 is 0.961 bits per heavy atom. The lowest BCUT2D eigenvalue weighted by Gasteiger charge is -2.70. The van der Waals surface area contributed by atoms with Crippen molar-refractivity contribution < 1.29 is 33.8 Å². The van der Waals surface area contributed by atoms with E-state index in [2.05, 4.69) is 58.7 Å². The Bertz CT molecular complexity index is 1460. The number of fused-ring (bicyclic) bond motifs is 6. The number of alkyl carbamates (subject to hydrolysis) is 1. The van der Waals surface area contributed by atoms with Crippen molar-refractivity contribution in [3.63, 3.8) is 0 Å². The van der Waals surface area contributed by atoms with Crippen LogP contribution < -0.4 is 5.32 Å². The van der Waals surface area contributed by atoms with Gasteiger partial charge in [-0.3, -0.25) is 19.3 Å². The minimum absolute atomic E-state index is 0.0134. The van der Waals surface area contributed by atoms with Gasteiger partial charge in [-0.05, 0) is 131 Å². The maximum Gasteiger partial charge on any atom is 0.407 e. The third-order valence-electron chi connectivity index (χ3n) is 15.9. The molecule has 5 aliphatic carbocycles. The molecule has 1 aliphatic heterocycles. The van der Waals surface area contributed by atoms with Crippen molar-refractivity contribution in [1.29, 1.82) is 0 Å². The summed E-state index contributed by atoms with van der Waals surface area (Å²) >= 11 is 0. The van der Waals surface area contributed by atoms with E-state index in [4.69, 9.17) is 9.47 Å². The predicted octanol–water partition coefficient (Wildman–Crippen LogP) is 7.95. The molecule has 0 aromatic rings. The number of carboxylic acids is 1. The van der Waals surface area contributed by atoms with Crippen LogP contribution in [0.5, 0.6) is 0 Å². The third kappa shape index (κ3) is 6.17. The van der Waals surface area contributed by atoms with Crippen LogP contribution in [0.1, 0.15) is 139 Å². The summed E-state index contributed by atoms with van der Waals surface area (Å²) in [5, 5.41) is 12.9. The number of ether oxygens (including phenoxy) is 2. The third-order valence-corrected chi connectivity index (χ3v) is 15.9. The van der Waals surface area contributed by atoms with Crippen LogP contribution in [-0.4, -0.2) is 71.7 Å². The molecular formula is C42H66N2O7. The summed E-state index contributed by atoms with van der Waals surface area (Å²) in [6.45, 7) is 22.7. The summed E-state index contributed by atoms with van der Waals surface area (Å²) in [6, 6.07) is 0. The minimum Gasteiger partial charge on any atom is -0.481 e. The molecule has 0 aromatic carbocycles. The zero-order chi connectivity index (χ0) is 37.4. The van der Waals surface area contributed by atoms with E-state index in [0.717, 1.165) is 71.0 Å². The van der Waals surface area contributed by atoms with E-state index in [1.165, 1.54) is 24.0 Å². The van der Waals surface area contributed by atoms with Gasteiger partial charge in [-0.1, -0.05) is 54.0 Å². The van der Waals surface area contributed by atoms with Crippen LogP contribution in [0.3, 0.4) is 0 Å². The van der Waals surface area contributed by atoms with Crippen molar-refractivity contribution in [2.75, 3.05) is 26.2 Å². The number of aliphatic carboxylic acids is 1. The fourth-order valence-corrected chi connectivity index (χ4v) is 13.0. The van der Waals surface area contributed by atoms with Crippen molar-refractivity contribution in [2.45, 2.75) is 151 Å². The van der Waals surface area contributed by atoms with E-state index in [1.807, 2.05) is 0 Å². The van der Waals surface area contributed by atoms with Crippen molar-refractivity contribution in [3.8, 4) is 0 Å². The molecule has 0 aromatic heterocycles. The van der Waals surface area contributed by atoms with Crippen molar-refractivity contribution >= 4 is 23.8 Å². The zero-order valence-corrected chi connectivity index (χ0v) is 33.0. The van der Waals surface area contributed by atoms with E-state index in [9.17, 15) is 24.3 Å². The Morgan fingerprint density at radius 3 is 2.29 bits per heavy atom. The lowest BCUT2D eigenvalue weighted by atomic mass is 9.34. The maximum absolute atomic E-state index is 13.9. The SMILES string of the molecule is CC(C)C1C(=O)C[C@]2(NC(=O)OCCN3CCCC3)CC[C@]3(C)C(=C12)CCC1[C@@]2(C)CC[C@H](OC(=O)CC(C)(C)C(=O)O)C(C)(C)C2CC[C@]13C. The molecule has 9 nitrogen and oxygen atoms in total. The fourth-order valence-electron chi connectivity index (χ4n) is 13.0. The number of rotatable bonds is 9. The molecule has 1 saturated heterocycles. The number of hydrogen-bond acceptors (Lipinski definition) is 7. The first-order valence-electron chi connectivity index (χ1n) is 20.1. The maximum atomic E-state index is 13.9. The Kier molecular flexibility index (Phi) is 9.88. The number of carbonyl (C=O) groups excluding carboxylic acids is 3. The van der Waals surface area contributed by atoms with Gasteiger partial charge in [-0.2, -0.15) is 0 Å². The summed E-state index contributed by atoms with van der Waals surface area (Å²) in [6.07, 6.45) is 9.44. The average molecular weight is 711 g/mol. The van der Waals surface area contributed by atoms with Crippen LogP contribution in [-0.2, 0) is 23.9 Å².